The van der Waals surface area contributed by atoms with Gasteiger partial charge in [-0.05, 0) is 51.1 Å². The predicted octanol–water partition coefficient (Wildman–Crippen LogP) is 1.71. The fraction of sp³-hybridized carbons (Fsp3) is 0.941. The maximum Gasteiger partial charge on any atom is 0.239 e. The second-order valence-corrected chi connectivity index (χ2v) is 7.40. The molecule has 1 amide bonds. The summed E-state index contributed by atoms with van der Waals surface area (Å²) < 4.78 is 0. The van der Waals surface area contributed by atoms with Crippen molar-refractivity contribution in [3.05, 3.63) is 0 Å². The first-order chi connectivity index (χ1) is 10.2. The maximum atomic E-state index is 12.7. The van der Waals surface area contributed by atoms with Crippen LogP contribution in [0.2, 0.25) is 0 Å². The van der Waals surface area contributed by atoms with Crippen LogP contribution in [0, 0.1) is 11.8 Å². The van der Waals surface area contributed by atoms with E-state index in [1.165, 1.54) is 32.1 Å². The highest BCUT2D eigenvalue weighted by molar-refractivity contribution is 5.82. The van der Waals surface area contributed by atoms with Gasteiger partial charge >= 0.3 is 0 Å². The van der Waals surface area contributed by atoms with Crippen molar-refractivity contribution < 1.29 is 4.79 Å². The highest BCUT2D eigenvalue weighted by Crippen LogP contribution is 2.34. The fourth-order valence-electron chi connectivity index (χ4n) is 4.48. The molecule has 120 valence electrons. The standard InChI is InChI=1S/C17H31N3O/c1-3-19(2)11-13-8-9-20(12-13)17(21)16-10-14-6-4-5-7-15(14)18-16/h13-16,18H,3-12H2,1-2H3. The first kappa shape index (κ1) is 15.3. The van der Waals surface area contributed by atoms with Crippen LogP contribution >= 0.6 is 0 Å². The Morgan fingerprint density at radius 2 is 2.10 bits per heavy atom. The summed E-state index contributed by atoms with van der Waals surface area (Å²) in [6, 6.07) is 0.734. The largest absolute Gasteiger partial charge is 0.341 e. The van der Waals surface area contributed by atoms with Crippen LogP contribution < -0.4 is 5.32 Å². The van der Waals surface area contributed by atoms with E-state index in [2.05, 4.69) is 29.1 Å². The number of nitrogens with one attached hydrogen (secondary N) is 1. The lowest BCUT2D eigenvalue weighted by molar-refractivity contribution is -0.132. The molecule has 1 N–H and O–H groups in total. The summed E-state index contributed by atoms with van der Waals surface area (Å²) in [7, 11) is 2.17. The Balaban J connectivity index is 1.50. The molecule has 4 nitrogen and oxygen atoms in total. The van der Waals surface area contributed by atoms with E-state index in [-0.39, 0.29) is 6.04 Å². The van der Waals surface area contributed by atoms with Gasteiger partial charge in [0.05, 0.1) is 6.04 Å². The van der Waals surface area contributed by atoms with E-state index >= 15 is 0 Å². The van der Waals surface area contributed by atoms with E-state index in [4.69, 9.17) is 0 Å². The van der Waals surface area contributed by atoms with Crippen molar-refractivity contribution >= 4 is 5.91 Å². The van der Waals surface area contributed by atoms with Crippen LogP contribution in [0.5, 0.6) is 0 Å². The molecule has 21 heavy (non-hydrogen) atoms. The topological polar surface area (TPSA) is 35.6 Å². The lowest BCUT2D eigenvalue weighted by Crippen LogP contribution is -2.45. The number of hydrogen-bond donors (Lipinski definition) is 1. The van der Waals surface area contributed by atoms with E-state index in [0.717, 1.165) is 38.5 Å². The minimum atomic E-state index is 0.112. The lowest BCUT2D eigenvalue weighted by Gasteiger charge is -2.24. The predicted molar refractivity (Wildman–Crippen MR) is 85.1 cm³/mol. The first-order valence-corrected chi connectivity index (χ1v) is 8.90. The Hall–Kier alpha value is -0.610. The smallest absolute Gasteiger partial charge is 0.239 e. The van der Waals surface area contributed by atoms with Crippen LogP contribution in [-0.2, 0) is 4.79 Å². The van der Waals surface area contributed by atoms with E-state index in [9.17, 15) is 4.79 Å². The summed E-state index contributed by atoms with van der Waals surface area (Å²) in [4.78, 5) is 17.2. The molecule has 0 aromatic heterocycles. The Morgan fingerprint density at radius 1 is 1.29 bits per heavy atom. The summed E-state index contributed by atoms with van der Waals surface area (Å²) in [6.07, 6.45) is 7.56. The van der Waals surface area contributed by atoms with Crippen LogP contribution in [0.15, 0.2) is 0 Å². The van der Waals surface area contributed by atoms with Gasteiger partial charge in [-0.3, -0.25) is 4.79 Å². The number of rotatable bonds is 4. The molecule has 3 aliphatic rings. The third-order valence-corrected chi connectivity index (χ3v) is 5.87. The summed E-state index contributed by atoms with van der Waals surface area (Å²) in [5.41, 5.74) is 0. The normalized spacial score (nSPS) is 36.2. The second kappa shape index (κ2) is 6.66. The molecule has 2 saturated heterocycles. The fourth-order valence-corrected chi connectivity index (χ4v) is 4.48. The van der Waals surface area contributed by atoms with Crippen molar-refractivity contribution in [1.82, 2.24) is 15.1 Å². The number of nitrogens with zero attached hydrogens (tertiary/aromatic N) is 2. The molecule has 0 aromatic carbocycles. The highest BCUT2D eigenvalue weighted by Gasteiger charge is 2.40. The van der Waals surface area contributed by atoms with Crippen molar-refractivity contribution in [2.45, 2.75) is 57.5 Å². The zero-order valence-corrected chi connectivity index (χ0v) is 13.7. The molecule has 0 aromatic rings. The summed E-state index contributed by atoms with van der Waals surface area (Å²) >= 11 is 0. The van der Waals surface area contributed by atoms with Gasteiger partial charge < -0.3 is 15.1 Å². The number of likely N-dealkylation sites (tertiary alicyclic amines) is 1. The van der Waals surface area contributed by atoms with Crippen LogP contribution in [0.1, 0.15) is 45.4 Å². The lowest BCUT2D eigenvalue weighted by atomic mass is 9.85. The summed E-state index contributed by atoms with van der Waals surface area (Å²) in [5, 5.41) is 3.63. The Morgan fingerprint density at radius 3 is 2.86 bits per heavy atom. The van der Waals surface area contributed by atoms with Gasteiger partial charge in [0.15, 0.2) is 0 Å². The summed E-state index contributed by atoms with van der Waals surface area (Å²) in [5.74, 6) is 1.81. The van der Waals surface area contributed by atoms with Gasteiger partial charge in [-0.15, -0.1) is 0 Å². The minimum absolute atomic E-state index is 0.112. The molecule has 2 heterocycles. The number of amides is 1. The van der Waals surface area contributed by atoms with E-state index < -0.39 is 0 Å². The molecule has 0 spiro atoms. The van der Waals surface area contributed by atoms with Gasteiger partial charge in [-0.25, -0.2) is 0 Å². The monoisotopic (exact) mass is 293 g/mol. The SMILES string of the molecule is CCN(C)CC1CCN(C(=O)C2CC3CCCCC3N2)C1. The van der Waals surface area contributed by atoms with Gasteiger partial charge in [-0.1, -0.05) is 19.8 Å². The van der Waals surface area contributed by atoms with E-state index in [0.29, 0.717) is 17.9 Å². The molecular weight excluding hydrogens is 262 g/mol. The summed E-state index contributed by atoms with van der Waals surface area (Å²) in [6.45, 7) is 6.36. The molecule has 4 heteroatoms. The average Bonchev–Trinajstić information content (AvgIpc) is 3.12. The van der Waals surface area contributed by atoms with Crippen LogP contribution in [0.4, 0.5) is 0 Å². The van der Waals surface area contributed by atoms with Crippen molar-refractivity contribution in [2.75, 3.05) is 33.2 Å². The third kappa shape index (κ3) is 3.42. The Labute approximate surface area is 129 Å². The zero-order valence-electron chi connectivity index (χ0n) is 13.7. The molecule has 2 aliphatic heterocycles. The second-order valence-electron chi connectivity index (χ2n) is 7.40. The van der Waals surface area contributed by atoms with Gasteiger partial charge in [0.1, 0.15) is 0 Å². The molecule has 3 fully saturated rings. The molecule has 3 rings (SSSR count). The molecule has 4 unspecified atom stereocenters. The molecule has 4 atom stereocenters. The van der Waals surface area contributed by atoms with Gasteiger partial charge in [0.25, 0.3) is 0 Å². The van der Waals surface area contributed by atoms with Crippen LogP contribution in [0.3, 0.4) is 0 Å². The minimum Gasteiger partial charge on any atom is -0.341 e. The molecule has 1 saturated carbocycles. The highest BCUT2D eigenvalue weighted by atomic mass is 16.2. The number of hydrogen-bond acceptors (Lipinski definition) is 3. The van der Waals surface area contributed by atoms with E-state index in [1.54, 1.807) is 0 Å². The number of fused-ring (bicyclic) bond motifs is 1. The van der Waals surface area contributed by atoms with Crippen molar-refractivity contribution in [2.24, 2.45) is 11.8 Å². The van der Waals surface area contributed by atoms with Gasteiger partial charge in [0.2, 0.25) is 5.91 Å². The van der Waals surface area contributed by atoms with E-state index in [1.807, 2.05) is 0 Å². The molecule has 0 bridgehead atoms. The van der Waals surface area contributed by atoms with Crippen molar-refractivity contribution in [3.8, 4) is 0 Å². The Bertz CT molecular complexity index is 359. The quantitative estimate of drug-likeness (QED) is 0.857. The van der Waals surface area contributed by atoms with Crippen LogP contribution in [-0.4, -0.2) is 61.0 Å². The van der Waals surface area contributed by atoms with Crippen LogP contribution in [0.25, 0.3) is 0 Å². The zero-order chi connectivity index (χ0) is 14.8. The number of carbonyl (C=O) groups is 1. The first-order valence-electron chi connectivity index (χ1n) is 8.90. The van der Waals surface area contributed by atoms with Gasteiger partial charge in [-0.2, -0.15) is 0 Å². The Kier molecular flexibility index (Phi) is 4.85. The van der Waals surface area contributed by atoms with Crippen molar-refractivity contribution in [3.63, 3.8) is 0 Å². The molecule has 0 radical (unpaired) electrons. The molecular formula is C17H31N3O. The number of carbonyl (C=O) groups excluding carboxylic acids is 1. The maximum absolute atomic E-state index is 12.7. The third-order valence-electron chi connectivity index (χ3n) is 5.87. The molecule has 1 aliphatic carbocycles. The van der Waals surface area contributed by atoms with Gasteiger partial charge in [0, 0.05) is 25.7 Å². The average molecular weight is 293 g/mol. The van der Waals surface area contributed by atoms with Crippen molar-refractivity contribution in [1.29, 1.82) is 0 Å².